The van der Waals surface area contributed by atoms with Crippen LogP contribution in [0.25, 0.3) is 0 Å². The van der Waals surface area contributed by atoms with Gasteiger partial charge in [-0.3, -0.25) is 9.59 Å². The van der Waals surface area contributed by atoms with Crippen LogP contribution in [0.4, 0.5) is 0 Å². The van der Waals surface area contributed by atoms with Crippen molar-refractivity contribution >= 4 is 17.8 Å². The van der Waals surface area contributed by atoms with Crippen LogP contribution >= 0.6 is 0 Å². The van der Waals surface area contributed by atoms with Gasteiger partial charge in [-0.1, -0.05) is 54.5 Å². The first kappa shape index (κ1) is 30.1. The summed E-state index contributed by atoms with van der Waals surface area (Å²) in [5.74, 6) is -0.410. The van der Waals surface area contributed by atoms with E-state index in [0.29, 0.717) is 24.5 Å². The predicted octanol–water partition coefficient (Wildman–Crippen LogP) is 3.53. The Morgan fingerprint density at radius 3 is 1.97 bits per heavy atom. The van der Waals surface area contributed by atoms with Crippen molar-refractivity contribution in [1.82, 2.24) is 15.5 Å². The first-order valence-corrected chi connectivity index (χ1v) is 11.6. The van der Waals surface area contributed by atoms with E-state index in [9.17, 15) is 14.4 Å². The molecule has 2 unspecified atom stereocenters. The Kier molecular flexibility index (Phi) is 11.6. The van der Waals surface area contributed by atoms with Gasteiger partial charge in [0.1, 0.15) is 6.04 Å². The SMILES string of the molecule is CCOC(=O)/C(C)=C/[C@H](C(C)C)N(C)C(=O)C(NC(=O)C(C)(CC(C)C)NC)C(C)(C)C. The number of hydrogen-bond acceptors (Lipinski definition) is 5. The van der Waals surface area contributed by atoms with E-state index in [1.807, 2.05) is 41.5 Å². The molecule has 32 heavy (non-hydrogen) atoms. The third-order valence-electron chi connectivity index (χ3n) is 5.75. The maximum absolute atomic E-state index is 13.6. The smallest absolute Gasteiger partial charge is 0.333 e. The average molecular weight is 454 g/mol. The predicted molar refractivity (Wildman–Crippen MR) is 130 cm³/mol. The third kappa shape index (κ3) is 8.57. The molecule has 7 nitrogen and oxygen atoms in total. The van der Waals surface area contributed by atoms with E-state index in [0.717, 1.165) is 0 Å². The molecule has 0 aliphatic rings. The lowest BCUT2D eigenvalue weighted by molar-refractivity contribution is -0.142. The van der Waals surface area contributed by atoms with Crippen molar-refractivity contribution in [2.24, 2.45) is 17.3 Å². The lowest BCUT2D eigenvalue weighted by Crippen LogP contribution is -2.62. The van der Waals surface area contributed by atoms with Crippen molar-refractivity contribution in [1.29, 1.82) is 0 Å². The summed E-state index contributed by atoms with van der Waals surface area (Å²) in [6, 6.07) is -1.04. The van der Waals surface area contributed by atoms with Crippen molar-refractivity contribution in [2.75, 3.05) is 20.7 Å². The van der Waals surface area contributed by atoms with E-state index in [4.69, 9.17) is 4.74 Å². The number of nitrogens with one attached hydrogen (secondary N) is 2. The highest BCUT2D eigenvalue weighted by atomic mass is 16.5. The second-order valence-corrected chi connectivity index (χ2v) is 10.7. The first-order chi connectivity index (χ1) is 14.5. The van der Waals surface area contributed by atoms with Gasteiger partial charge in [0.2, 0.25) is 11.8 Å². The summed E-state index contributed by atoms with van der Waals surface area (Å²) in [7, 11) is 3.48. The molecule has 186 valence electrons. The number of esters is 1. The van der Waals surface area contributed by atoms with Gasteiger partial charge in [-0.25, -0.2) is 4.79 Å². The van der Waals surface area contributed by atoms with Crippen LogP contribution in [0.3, 0.4) is 0 Å². The summed E-state index contributed by atoms with van der Waals surface area (Å²) in [6.07, 6.45) is 2.42. The molecule has 2 N–H and O–H groups in total. The average Bonchev–Trinajstić information content (AvgIpc) is 2.66. The van der Waals surface area contributed by atoms with Crippen LogP contribution in [0, 0.1) is 17.3 Å². The standard InChI is InChI=1S/C25H47N3O4/c1-13-32-22(30)18(6)14-19(17(4)5)28(12)21(29)20(24(7,8)9)27-23(31)25(10,26-11)15-16(2)3/h14,16-17,19-20,26H,13,15H2,1-12H3,(H,27,31)/b18-14+/t19-,20?,25?/m1/s1. The van der Waals surface area contributed by atoms with Crippen molar-refractivity contribution in [3.05, 3.63) is 11.6 Å². The summed E-state index contributed by atoms with van der Waals surface area (Å²) in [4.78, 5) is 40.6. The second-order valence-electron chi connectivity index (χ2n) is 10.7. The van der Waals surface area contributed by atoms with Crippen LogP contribution in [0.15, 0.2) is 11.6 Å². The van der Waals surface area contributed by atoms with E-state index >= 15 is 0 Å². The number of nitrogens with zero attached hydrogens (tertiary/aromatic N) is 1. The number of carbonyl (C=O) groups excluding carboxylic acids is 3. The first-order valence-electron chi connectivity index (χ1n) is 11.6. The highest BCUT2D eigenvalue weighted by Crippen LogP contribution is 2.25. The topological polar surface area (TPSA) is 87.7 Å². The van der Waals surface area contributed by atoms with Crippen molar-refractivity contribution < 1.29 is 19.1 Å². The Labute approximate surface area is 195 Å². The quantitative estimate of drug-likeness (QED) is 0.369. The summed E-state index contributed by atoms with van der Waals surface area (Å²) < 4.78 is 5.09. The molecule has 0 aliphatic carbocycles. The number of hydrogen-bond donors (Lipinski definition) is 2. The second kappa shape index (κ2) is 12.4. The molecule has 0 saturated heterocycles. The fraction of sp³-hybridized carbons (Fsp3) is 0.800. The molecule has 0 radical (unpaired) electrons. The molecule has 0 fully saturated rings. The molecule has 0 bridgehead atoms. The molecule has 0 aromatic carbocycles. The van der Waals surface area contributed by atoms with E-state index in [1.54, 1.807) is 38.9 Å². The number of amides is 2. The van der Waals surface area contributed by atoms with Gasteiger partial charge in [-0.15, -0.1) is 0 Å². The Bertz CT molecular complexity index is 679. The number of ether oxygens (including phenoxy) is 1. The molecule has 0 saturated carbocycles. The molecular formula is C25H47N3O4. The zero-order chi connectivity index (χ0) is 25.4. The fourth-order valence-corrected chi connectivity index (χ4v) is 3.73. The van der Waals surface area contributed by atoms with Crippen LogP contribution in [0.5, 0.6) is 0 Å². The number of carbonyl (C=O) groups is 3. The monoisotopic (exact) mass is 453 g/mol. The largest absolute Gasteiger partial charge is 0.463 e. The van der Waals surface area contributed by atoms with Gasteiger partial charge in [-0.05, 0) is 51.5 Å². The maximum Gasteiger partial charge on any atom is 0.333 e. The van der Waals surface area contributed by atoms with Crippen LogP contribution in [0.1, 0.15) is 75.7 Å². The molecule has 0 aromatic rings. The lowest BCUT2D eigenvalue weighted by Gasteiger charge is -2.39. The van der Waals surface area contributed by atoms with Gasteiger partial charge in [0, 0.05) is 12.6 Å². The minimum absolute atomic E-state index is 0.0631. The van der Waals surface area contributed by atoms with Crippen molar-refractivity contribution in [2.45, 2.75) is 93.3 Å². The van der Waals surface area contributed by atoms with Gasteiger partial charge in [0.15, 0.2) is 0 Å². The molecule has 0 heterocycles. The van der Waals surface area contributed by atoms with E-state index in [2.05, 4.69) is 24.5 Å². The molecular weight excluding hydrogens is 406 g/mol. The van der Waals surface area contributed by atoms with Crippen molar-refractivity contribution in [3.8, 4) is 0 Å². The fourth-order valence-electron chi connectivity index (χ4n) is 3.73. The van der Waals surface area contributed by atoms with E-state index in [1.165, 1.54) is 0 Å². The third-order valence-corrected chi connectivity index (χ3v) is 5.75. The van der Waals surface area contributed by atoms with Crippen LogP contribution in [0.2, 0.25) is 0 Å². The van der Waals surface area contributed by atoms with Gasteiger partial charge >= 0.3 is 5.97 Å². The van der Waals surface area contributed by atoms with E-state index in [-0.39, 0.29) is 23.8 Å². The number of likely N-dealkylation sites (N-methyl/N-ethyl adjacent to an activating group) is 2. The van der Waals surface area contributed by atoms with Gasteiger partial charge in [0.25, 0.3) is 0 Å². The molecule has 7 heteroatoms. The minimum Gasteiger partial charge on any atom is -0.463 e. The normalized spacial score (nSPS) is 16.4. The summed E-state index contributed by atoms with van der Waals surface area (Å²) >= 11 is 0. The number of rotatable bonds is 11. The minimum atomic E-state index is -0.783. The van der Waals surface area contributed by atoms with Crippen LogP contribution in [-0.2, 0) is 19.1 Å². The highest BCUT2D eigenvalue weighted by molar-refractivity contribution is 5.92. The zero-order valence-corrected chi connectivity index (χ0v) is 22.4. The Hall–Kier alpha value is -1.89. The van der Waals surface area contributed by atoms with Gasteiger partial charge < -0.3 is 20.3 Å². The zero-order valence-electron chi connectivity index (χ0n) is 22.4. The Morgan fingerprint density at radius 2 is 1.59 bits per heavy atom. The maximum atomic E-state index is 13.6. The Balaban J connectivity index is 5.96. The molecule has 0 aromatic heterocycles. The molecule has 2 amide bonds. The van der Waals surface area contributed by atoms with E-state index < -0.39 is 23.0 Å². The molecule has 0 spiro atoms. The van der Waals surface area contributed by atoms with Crippen LogP contribution in [-0.4, -0.2) is 61.0 Å². The van der Waals surface area contributed by atoms with Crippen LogP contribution < -0.4 is 10.6 Å². The Morgan fingerprint density at radius 1 is 1.06 bits per heavy atom. The lowest BCUT2D eigenvalue weighted by atomic mass is 9.83. The molecule has 0 rings (SSSR count). The van der Waals surface area contributed by atoms with Crippen molar-refractivity contribution in [3.63, 3.8) is 0 Å². The summed E-state index contributed by atoms with van der Waals surface area (Å²) in [5, 5.41) is 6.15. The van der Waals surface area contributed by atoms with Gasteiger partial charge in [-0.2, -0.15) is 0 Å². The molecule has 0 aliphatic heterocycles. The van der Waals surface area contributed by atoms with Gasteiger partial charge in [0.05, 0.1) is 18.2 Å². The summed E-state index contributed by atoms with van der Waals surface area (Å²) in [5.41, 5.74) is -0.829. The summed E-state index contributed by atoms with van der Waals surface area (Å²) in [6.45, 7) is 19.5. The molecule has 3 atom stereocenters. The highest BCUT2D eigenvalue weighted by Gasteiger charge is 2.41.